The topological polar surface area (TPSA) is 36.0 Å². The van der Waals surface area contributed by atoms with Crippen molar-refractivity contribution in [1.29, 1.82) is 0 Å². The first-order valence-electron chi connectivity index (χ1n) is 6.27. The summed E-state index contributed by atoms with van der Waals surface area (Å²) in [5.41, 5.74) is 2.03. The number of allylic oxidation sites excluding steroid dienone is 1. The van der Waals surface area contributed by atoms with Gasteiger partial charge in [0.2, 0.25) is 0 Å². The van der Waals surface area contributed by atoms with Gasteiger partial charge in [0.05, 0.1) is 6.10 Å². The van der Waals surface area contributed by atoms with Crippen molar-refractivity contribution in [2.45, 2.75) is 25.4 Å². The first kappa shape index (κ1) is 10.6. The first-order valence-corrected chi connectivity index (χ1v) is 6.27. The fraction of sp³-hybridized carbons (Fsp3) is 0.333. The van der Waals surface area contributed by atoms with Crippen LogP contribution in [0.1, 0.15) is 31.1 Å². The van der Waals surface area contributed by atoms with Crippen LogP contribution in [0.15, 0.2) is 42.5 Å². The Morgan fingerprint density at radius 3 is 2.94 bits per heavy atom. The van der Waals surface area contributed by atoms with Crippen LogP contribution in [0.4, 0.5) is 0 Å². The Kier molecular flexibility index (Phi) is 2.73. The molecule has 0 spiro atoms. The number of aromatic nitrogens is 1. The van der Waals surface area contributed by atoms with Gasteiger partial charge in [0, 0.05) is 17.1 Å². The smallest absolute Gasteiger partial charge is 0.1000 e. The summed E-state index contributed by atoms with van der Waals surface area (Å²) in [6, 6.07) is 10.2. The van der Waals surface area contributed by atoms with Crippen LogP contribution in [0, 0.1) is 5.92 Å². The lowest BCUT2D eigenvalue weighted by Gasteiger charge is -2.21. The fourth-order valence-corrected chi connectivity index (χ4v) is 2.59. The van der Waals surface area contributed by atoms with E-state index in [0.29, 0.717) is 0 Å². The Bertz CT molecular complexity index is 508. The molecule has 2 aromatic rings. The van der Waals surface area contributed by atoms with Crippen molar-refractivity contribution in [1.82, 2.24) is 4.98 Å². The summed E-state index contributed by atoms with van der Waals surface area (Å²) in [6.07, 6.45) is 7.33. The van der Waals surface area contributed by atoms with Crippen LogP contribution in [0.2, 0.25) is 0 Å². The molecule has 0 amide bonds. The maximum absolute atomic E-state index is 10.4. The number of aliphatic hydroxyl groups is 1. The average Bonchev–Trinajstić information content (AvgIpc) is 2.82. The van der Waals surface area contributed by atoms with Gasteiger partial charge in [-0.15, -0.1) is 0 Å². The van der Waals surface area contributed by atoms with Crippen LogP contribution in [-0.4, -0.2) is 10.1 Å². The van der Waals surface area contributed by atoms with Crippen LogP contribution in [0.25, 0.3) is 10.9 Å². The van der Waals surface area contributed by atoms with Crippen molar-refractivity contribution in [2.24, 2.45) is 5.92 Å². The fourth-order valence-electron chi connectivity index (χ4n) is 2.59. The molecule has 1 aromatic heterocycles. The van der Waals surface area contributed by atoms with Gasteiger partial charge in [0.1, 0.15) is 0 Å². The number of hydrogen-bond donors (Lipinski definition) is 2. The minimum Gasteiger partial charge on any atom is -0.386 e. The van der Waals surface area contributed by atoms with E-state index < -0.39 is 6.10 Å². The van der Waals surface area contributed by atoms with Gasteiger partial charge in [-0.25, -0.2) is 0 Å². The summed E-state index contributed by atoms with van der Waals surface area (Å²) < 4.78 is 0. The van der Waals surface area contributed by atoms with Crippen molar-refractivity contribution in [3.63, 3.8) is 0 Å². The highest BCUT2D eigenvalue weighted by Gasteiger charge is 2.21. The summed E-state index contributed by atoms with van der Waals surface area (Å²) >= 11 is 0. The molecule has 0 fully saturated rings. The zero-order chi connectivity index (χ0) is 11.7. The summed E-state index contributed by atoms with van der Waals surface area (Å²) in [7, 11) is 0. The lowest BCUT2D eigenvalue weighted by Crippen LogP contribution is -2.12. The van der Waals surface area contributed by atoms with Gasteiger partial charge in [-0.3, -0.25) is 0 Å². The van der Waals surface area contributed by atoms with Gasteiger partial charge in [0.15, 0.2) is 0 Å². The highest BCUT2D eigenvalue weighted by molar-refractivity contribution is 5.80. The molecule has 2 heteroatoms. The molecule has 17 heavy (non-hydrogen) atoms. The van der Waals surface area contributed by atoms with Crippen molar-refractivity contribution in [3.05, 3.63) is 48.2 Å². The highest BCUT2D eigenvalue weighted by Crippen LogP contribution is 2.31. The molecular weight excluding hydrogens is 210 g/mol. The molecule has 1 aliphatic carbocycles. The lowest BCUT2D eigenvalue weighted by molar-refractivity contribution is 0.120. The summed E-state index contributed by atoms with van der Waals surface area (Å²) in [5.74, 6) is 0.261. The van der Waals surface area contributed by atoms with E-state index in [1.807, 2.05) is 18.2 Å². The van der Waals surface area contributed by atoms with Crippen molar-refractivity contribution >= 4 is 10.9 Å². The number of fused-ring (bicyclic) bond motifs is 1. The van der Waals surface area contributed by atoms with Crippen molar-refractivity contribution < 1.29 is 5.11 Å². The number of para-hydroxylation sites is 1. The number of nitrogens with one attached hydrogen (secondary N) is 1. The van der Waals surface area contributed by atoms with Crippen LogP contribution in [0.5, 0.6) is 0 Å². The van der Waals surface area contributed by atoms with Gasteiger partial charge in [-0.1, -0.05) is 30.4 Å². The Balaban J connectivity index is 1.92. The second-order valence-corrected chi connectivity index (χ2v) is 4.78. The van der Waals surface area contributed by atoms with Crippen LogP contribution in [0.3, 0.4) is 0 Å². The summed E-state index contributed by atoms with van der Waals surface area (Å²) in [6.45, 7) is 0. The van der Waals surface area contributed by atoms with E-state index in [4.69, 9.17) is 0 Å². The number of benzene rings is 1. The Morgan fingerprint density at radius 1 is 1.29 bits per heavy atom. The third-order valence-electron chi connectivity index (χ3n) is 3.57. The van der Waals surface area contributed by atoms with E-state index in [0.717, 1.165) is 24.1 Å². The number of aromatic amines is 1. The zero-order valence-electron chi connectivity index (χ0n) is 9.76. The Labute approximate surface area is 101 Å². The van der Waals surface area contributed by atoms with Gasteiger partial charge >= 0.3 is 0 Å². The second kappa shape index (κ2) is 4.38. The van der Waals surface area contributed by atoms with E-state index in [1.165, 1.54) is 11.8 Å². The molecule has 3 rings (SSSR count). The highest BCUT2D eigenvalue weighted by atomic mass is 16.3. The predicted molar refractivity (Wildman–Crippen MR) is 69.7 cm³/mol. The van der Waals surface area contributed by atoms with E-state index in [-0.39, 0.29) is 5.92 Å². The van der Waals surface area contributed by atoms with Gasteiger partial charge in [-0.2, -0.15) is 0 Å². The Hall–Kier alpha value is -1.54. The largest absolute Gasteiger partial charge is 0.386 e. The minimum atomic E-state index is -0.404. The van der Waals surface area contributed by atoms with Gasteiger partial charge < -0.3 is 10.1 Å². The summed E-state index contributed by atoms with van der Waals surface area (Å²) in [4.78, 5) is 3.31. The van der Waals surface area contributed by atoms with Crippen LogP contribution < -0.4 is 0 Å². The minimum absolute atomic E-state index is 0.261. The van der Waals surface area contributed by atoms with Crippen LogP contribution in [-0.2, 0) is 0 Å². The SMILES string of the molecule is O[C@@H](c1cc2ccccc2[nH]1)[C@@H]1C=CCCC1. The normalized spacial score (nSPS) is 21.8. The molecule has 2 atom stereocenters. The monoisotopic (exact) mass is 227 g/mol. The van der Waals surface area contributed by atoms with E-state index in [9.17, 15) is 5.11 Å². The molecule has 1 aliphatic rings. The molecule has 2 N–H and O–H groups in total. The van der Waals surface area contributed by atoms with E-state index >= 15 is 0 Å². The maximum Gasteiger partial charge on any atom is 0.1000 e. The number of H-pyrrole nitrogens is 1. The molecule has 88 valence electrons. The molecular formula is C15H17NO. The van der Waals surface area contributed by atoms with E-state index in [1.54, 1.807) is 0 Å². The standard InChI is InChI=1S/C15H17NO/c17-15(11-6-2-1-3-7-11)14-10-12-8-4-5-9-13(12)16-14/h2,4-6,8-11,15-17H,1,3,7H2/t11-,15-/m1/s1. The quantitative estimate of drug-likeness (QED) is 0.756. The molecule has 0 aliphatic heterocycles. The Morgan fingerprint density at radius 2 is 2.18 bits per heavy atom. The van der Waals surface area contributed by atoms with Crippen LogP contribution >= 0.6 is 0 Å². The van der Waals surface area contributed by atoms with Gasteiger partial charge in [-0.05, 0) is 36.8 Å². The number of hydrogen-bond acceptors (Lipinski definition) is 1. The predicted octanol–water partition coefficient (Wildman–Crippen LogP) is 3.56. The third-order valence-corrected chi connectivity index (χ3v) is 3.57. The zero-order valence-corrected chi connectivity index (χ0v) is 9.76. The molecule has 0 radical (unpaired) electrons. The molecule has 0 bridgehead atoms. The first-order chi connectivity index (χ1) is 8.34. The molecule has 0 saturated carbocycles. The molecule has 1 aromatic carbocycles. The maximum atomic E-state index is 10.4. The van der Waals surface area contributed by atoms with E-state index in [2.05, 4.69) is 29.3 Å². The van der Waals surface area contributed by atoms with Gasteiger partial charge in [0.25, 0.3) is 0 Å². The number of rotatable bonds is 2. The average molecular weight is 227 g/mol. The molecule has 1 heterocycles. The van der Waals surface area contributed by atoms with Crippen molar-refractivity contribution in [3.8, 4) is 0 Å². The van der Waals surface area contributed by atoms with Crippen molar-refractivity contribution in [2.75, 3.05) is 0 Å². The molecule has 0 saturated heterocycles. The molecule has 0 unspecified atom stereocenters. The second-order valence-electron chi connectivity index (χ2n) is 4.78. The molecule has 2 nitrogen and oxygen atoms in total. The summed E-state index contributed by atoms with van der Waals surface area (Å²) in [5, 5.41) is 11.5. The third kappa shape index (κ3) is 2.01. The number of aliphatic hydroxyl groups excluding tert-OH is 1. The lowest BCUT2D eigenvalue weighted by atomic mass is 9.89.